The average molecular weight is 197 g/mol. The van der Waals surface area contributed by atoms with Gasteiger partial charge in [0.2, 0.25) is 0 Å². The second-order valence-corrected chi connectivity index (χ2v) is 3.38. The quantitative estimate of drug-likeness (QED) is 0.680. The second-order valence-electron chi connectivity index (χ2n) is 3.38. The molecule has 0 aliphatic carbocycles. The lowest BCUT2D eigenvalue weighted by atomic mass is 10.1. The predicted octanol–water partition coefficient (Wildman–Crippen LogP) is 1.97. The first-order valence-corrected chi connectivity index (χ1v) is 5.18. The van der Waals surface area contributed by atoms with Gasteiger partial charge in [-0.2, -0.15) is 0 Å². The fraction of sp³-hybridized carbons (Fsp3) is 0.636. The molecule has 1 aromatic rings. The van der Waals surface area contributed by atoms with Crippen molar-refractivity contribution in [3.63, 3.8) is 0 Å². The van der Waals surface area contributed by atoms with Crippen LogP contribution in [0.15, 0.2) is 22.8 Å². The molecule has 0 saturated heterocycles. The van der Waals surface area contributed by atoms with E-state index in [0.717, 1.165) is 38.2 Å². The van der Waals surface area contributed by atoms with Gasteiger partial charge < -0.3 is 14.9 Å². The van der Waals surface area contributed by atoms with Crippen LogP contribution in [0, 0.1) is 0 Å². The van der Waals surface area contributed by atoms with Crippen molar-refractivity contribution in [2.24, 2.45) is 5.73 Å². The Morgan fingerprint density at radius 1 is 1.57 bits per heavy atom. The highest BCUT2D eigenvalue weighted by Crippen LogP contribution is 2.06. The number of ether oxygens (including phenoxy) is 1. The molecule has 0 saturated carbocycles. The zero-order chi connectivity index (χ0) is 10.2. The first kappa shape index (κ1) is 11.3. The Bertz CT molecular complexity index is 221. The van der Waals surface area contributed by atoms with Crippen molar-refractivity contribution in [1.82, 2.24) is 0 Å². The van der Waals surface area contributed by atoms with Crippen molar-refractivity contribution in [2.75, 3.05) is 13.2 Å². The minimum Gasteiger partial charge on any atom is -0.469 e. The molecule has 80 valence electrons. The van der Waals surface area contributed by atoms with Crippen LogP contribution in [0.25, 0.3) is 0 Å². The second kappa shape index (κ2) is 6.62. The monoisotopic (exact) mass is 197 g/mol. The Kier molecular flexibility index (Phi) is 5.33. The number of nitrogens with two attached hydrogens (primary N) is 1. The topological polar surface area (TPSA) is 48.4 Å². The number of hydrogen-bond acceptors (Lipinski definition) is 3. The summed E-state index contributed by atoms with van der Waals surface area (Å²) in [6.07, 6.45) is 4.51. The van der Waals surface area contributed by atoms with Crippen molar-refractivity contribution < 1.29 is 9.15 Å². The van der Waals surface area contributed by atoms with E-state index in [1.54, 1.807) is 6.26 Å². The molecule has 3 heteroatoms. The van der Waals surface area contributed by atoms with E-state index in [9.17, 15) is 0 Å². The molecule has 0 amide bonds. The highest BCUT2D eigenvalue weighted by molar-refractivity contribution is 4.99. The van der Waals surface area contributed by atoms with Gasteiger partial charge >= 0.3 is 0 Å². The first-order chi connectivity index (χ1) is 6.83. The van der Waals surface area contributed by atoms with Crippen molar-refractivity contribution in [3.05, 3.63) is 24.2 Å². The van der Waals surface area contributed by atoms with Crippen molar-refractivity contribution >= 4 is 0 Å². The van der Waals surface area contributed by atoms with Gasteiger partial charge in [0.15, 0.2) is 0 Å². The van der Waals surface area contributed by atoms with Gasteiger partial charge in [-0.3, -0.25) is 0 Å². The number of hydrogen-bond donors (Lipinski definition) is 1. The fourth-order valence-corrected chi connectivity index (χ4v) is 1.38. The van der Waals surface area contributed by atoms with Gasteiger partial charge in [0.05, 0.1) is 6.26 Å². The molecular weight excluding hydrogens is 178 g/mol. The molecule has 14 heavy (non-hydrogen) atoms. The molecule has 3 nitrogen and oxygen atoms in total. The Labute approximate surface area is 85.2 Å². The molecule has 0 radical (unpaired) electrons. The summed E-state index contributed by atoms with van der Waals surface area (Å²) in [5.74, 6) is 0.967. The highest BCUT2D eigenvalue weighted by Gasteiger charge is 2.05. The average Bonchev–Trinajstić information content (AvgIpc) is 2.65. The number of furan rings is 1. The van der Waals surface area contributed by atoms with Gasteiger partial charge in [-0.25, -0.2) is 0 Å². The van der Waals surface area contributed by atoms with Crippen LogP contribution in [0.1, 0.15) is 25.5 Å². The standard InChI is InChI=1S/C11H19NO2/c1-2-13-7-3-5-10(12)9-11-6-4-8-14-11/h4,6,8,10H,2-3,5,7,9,12H2,1H3. The van der Waals surface area contributed by atoms with Gasteiger partial charge in [-0.1, -0.05) is 0 Å². The molecule has 0 aliphatic heterocycles. The van der Waals surface area contributed by atoms with Crippen molar-refractivity contribution in [1.29, 1.82) is 0 Å². The largest absolute Gasteiger partial charge is 0.469 e. The lowest BCUT2D eigenvalue weighted by molar-refractivity contribution is 0.141. The SMILES string of the molecule is CCOCCCC(N)Cc1ccco1. The number of rotatable bonds is 7. The first-order valence-electron chi connectivity index (χ1n) is 5.18. The molecule has 0 fully saturated rings. The van der Waals surface area contributed by atoms with E-state index in [1.807, 2.05) is 19.1 Å². The summed E-state index contributed by atoms with van der Waals surface area (Å²) in [4.78, 5) is 0. The zero-order valence-electron chi connectivity index (χ0n) is 8.74. The molecule has 1 atom stereocenters. The lowest BCUT2D eigenvalue weighted by Crippen LogP contribution is -2.22. The highest BCUT2D eigenvalue weighted by atomic mass is 16.5. The molecule has 1 unspecified atom stereocenters. The zero-order valence-corrected chi connectivity index (χ0v) is 8.74. The van der Waals surface area contributed by atoms with Gasteiger partial charge in [0, 0.05) is 25.7 Å². The van der Waals surface area contributed by atoms with Crippen molar-refractivity contribution in [2.45, 2.75) is 32.2 Å². The molecule has 0 aromatic carbocycles. The van der Waals surface area contributed by atoms with Gasteiger partial charge in [0.1, 0.15) is 5.76 Å². The Morgan fingerprint density at radius 2 is 2.43 bits per heavy atom. The van der Waals surface area contributed by atoms with Crippen LogP contribution in [-0.2, 0) is 11.2 Å². The van der Waals surface area contributed by atoms with Crippen LogP contribution in [-0.4, -0.2) is 19.3 Å². The normalized spacial score (nSPS) is 13.0. The maximum absolute atomic E-state index is 5.93. The smallest absolute Gasteiger partial charge is 0.105 e. The van der Waals surface area contributed by atoms with Crippen LogP contribution in [0.2, 0.25) is 0 Å². The third kappa shape index (κ3) is 4.44. The molecule has 1 aromatic heterocycles. The molecule has 1 rings (SSSR count). The molecule has 1 heterocycles. The lowest BCUT2D eigenvalue weighted by Gasteiger charge is -2.09. The van der Waals surface area contributed by atoms with Crippen molar-refractivity contribution in [3.8, 4) is 0 Å². The molecule has 0 aliphatic rings. The minimum atomic E-state index is 0.182. The predicted molar refractivity (Wildman–Crippen MR) is 56.1 cm³/mol. The van der Waals surface area contributed by atoms with Gasteiger partial charge in [-0.05, 0) is 31.9 Å². The molecule has 0 bridgehead atoms. The van der Waals surface area contributed by atoms with Gasteiger partial charge in [-0.15, -0.1) is 0 Å². The van der Waals surface area contributed by atoms with E-state index in [0.29, 0.717) is 0 Å². The summed E-state index contributed by atoms with van der Waals surface area (Å²) in [6.45, 7) is 3.60. The maximum atomic E-state index is 5.93. The van der Waals surface area contributed by atoms with E-state index >= 15 is 0 Å². The third-order valence-electron chi connectivity index (χ3n) is 2.11. The molecule has 2 N–H and O–H groups in total. The molecule has 0 spiro atoms. The Hall–Kier alpha value is -0.800. The van der Waals surface area contributed by atoms with E-state index in [2.05, 4.69) is 0 Å². The van der Waals surface area contributed by atoms with E-state index in [4.69, 9.17) is 14.9 Å². The van der Waals surface area contributed by atoms with E-state index < -0.39 is 0 Å². The summed E-state index contributed by atoms with van der Waals surface area (Å²) < 4.78 is 10.5. The van der Waals surface area contributed by atoms with Crippen LogP contribution in [0.5, 0.6) is 0 Å². The minimum absolute atomic E-state index is 0.182. The van der Waals surface area contributed by atoms with Crippen LogP contribution in [0.3, 0.4) is 0 Å². The summed E-state index contributed by atoms with van der Waals surface area (Å²) in [5, 5.41) is 0. The van der Waals surface area contributed by atoms with Crippen LogP contribution < -0.4 is 5.73 Å². The Balaban J connectivity index is 2.07. The van der Waals surface area contributed by atoms with E-state index in [1.165, 1.54) is 0 Å². The fourth-order valence-electron chi connectivity index (χ4n) is 1.38. The van der Waals surface area contributed by atoms with Crippen LogP contribution >= 0.6 is 0 Å². The summed E-state index contributed by atoms with van der Waals surface area (Å²) >= 11 is 0. The van der Waals surface area contributed by atoms with Gasteiger partial charge in [0.25, 0.3) is 0 Å². The third-order valence-corrected chi connectivity index (χ3v) is 2.11. The Morgan fingerprint density at radius 3 is 3.07 bits per heavy atom. The summed E-state index contributed by atoms with van der Waals surface area (Å²) in [6, 6.07) is 4.03. The van der Waals surface area contributed by atoms with Crippen LogP contribution in [0.4, 0.5) is 0 Å². The van der Waals surface area contributed by atoms with E-state index in [-0.39, 0.29) is 6.04 Å². The maximum Gasteiger partial charge on any atom is 0.105 e. The summed E-state index contributed by atoms with van der Waals surface area (Å²) in [7, 11) is 0. The molecular formula is C11H19NO2. The summed E-state index contributed by atoms with van der Waals surface area (Å²) in [5.41, 5.74) is 5.93.